The summed E-state index contributed by atoms with van der Waals surface area (Å²) >= 11 is 0. The highest BCUT2D eigenvalue weighted by atomic mass is 19.1. The molecule has 4 nitrogen and oxygen atoms in total. The molecule has 1 heterocycles. The van der Waals surface area contributed by atoms with Crippen molar-refractivity contribution in [3.05, 3.63) is 35.6 Å². The van der Waals surface area contributed by atoms with Crippen molar-refractivity contribution in [2.24, 2.45) is 5.73 Å². The molecule has 0 aromatic heterocycles. The summed E-state index contributed by atoms with van der Waals surface area (Å²) < 4.78 is 19.5. The number of carbonyl (C=O) groups is 1. The number of piperidine rings is 1. The van der Waals surface area contributed by atoms with E-state index in [0.29, 0.717) is 12.5 Å². The molecule has 2 atom stereocenters. The lowest BCUT2D eigenvalue weighted by atomic mass is 9.82. The second-order valence-electron chi connectivity index (χ2n) is 7.45. The predicted octanol–water partition coefficient (Wildman–Crippen LogP) is 3.21. The SMILES string of the molecule is CC(=O)N1CCCC(N)C1COC1CCC(c2cccc(F)c2)CC1. The van der Waals surface area contributed by atoms with Crippen LogP contribution in [0, 0.1) is 5.82 Å². The molecule has 1 aromatic rings. The summed E-state index contributed by atoms with van der Waals surface area (Å²) in [4.78, 5) is 13.7. The molecule has 25 heavy (non-hydrogen) atoms. The maximum absolute atomic E-state index is 13.4. The van der Waals surface area contributed by atoms with Crippen molar-refractivity contribution in [1.82, 2.24) is 4.90 Å². The summed E-state index contributed by atoms with van der Waals surface area (Å²) in [5, 5.41) is 0. The Morgan fingerprint density at radius 3 is 2.72 bits per heavy atom. The molecular formula is C20H29FN2O2. The van der Waals surface area contributed by atoms with Crippen molar-refractivity contribution < 1.29 is 13.9 Å². The van der Waals surface area contributed by atoms with Crippen molar-refractivity contribution >= 4 is 5.91 Å². The molecule has 2 N–H and O–H groups in total. The van der Waals surface area contributed by atoms with Gasteiger partial charge in [0, 0.05) is 19.5 Å². The number of nitrogens with zero attached hydrogens (tertiary/aromatic N) is 1. The van der Waals surface area contributed by atoms with Crippen LogP contribution in [0.2, 0.25) is 0 Å². The fraction of sp³-hybridized carbons (Fsp3) is 0.650. The van der Waals surface area contributed by atoms with Gasteiger partial charge in [-0.3, -0.25) is 4.79 Å². The van der Waals surface area contributed by atoms with E-state index in [1.165, 1.54) is 6.07 Å². The molecule has 2 fully saturated rings. The zero-order chi connectivity index (χ0) is 17.8. The van der Waals surface area contributed by atoms with E-state index in [9.17, 15) is 9.18 Å². The monoisotopic (exact) mass is 348 g/mol. The number of ether oxygens (including phenoxy) is 1. The third-order valence-electron chi connectivity index (χ3n) is 5.73. The highest BCUT2D eigenvalue weighted by Crippen LogP contribution is 2.34. The molecule has 1 saturated carbocycles. The van der Waals surface area contributed by atoms with Crippen LogP contribution in [0.15, 0.2) is 24.3 Å². The first-order valence-corrected chi connectivity index (χ1v) is 9.44. The quantitative estimate of drug-likeness (QED) is 0.909. The number of carbonyl (C=O) groups excluding carboxylic acids is 1. The van der Waals surface area contributed by atoms with Gasteiger partial charge in [-0.25, -0.2) is 4.39 Å². The minimum Gasteiger partial charge on any atom is -0.376 e. The largest absolute Gasteiger partial charge is 0.376 e. The Morgan fingerprint density at radius 1 is 1.28 bits per heavy atom. The van der Waals surface area contributed by atoms with Gasteiger partial charge in [0.25, 0.3) is 0 Å². The van der Waals surface area contributed by atoms with Crippen LogP contribution in [0.3, 0.4) is 0 Å². The molecule has 2 aliphatic rings. The second kappa shape index (κ2) is 8.28. The minimum atomic E-state index is -0.161. The van der Waals surface area contributed by atoms with E-state index in [-0.39, 0.29) is 29.9 Å². The van der Waals surface area contributed by atoms with Crippen LogP contribution in [0.1, 0.15) is 56.9 Å². The topological polar surface area (TPSA) is 55.6 Å². The summed E-state index contributed by atoms with van der Waals surface area (Å²) in [6.07, 6.45) is 6.11. The number of halogens is 1. The van der Waals surface area contributed by atoms with Gasteiger partial charge in [0.05, 0.1) is 18.8 Å². The summed E-state index contributed by atoms with van der Waals surface area (Å²) in [5.74, 6) is 0.339. The molecule has 3 rings (SSSR count). The predicted molar refractivity (Wildman–Crippen MR) is 95.7 cm³/mol. The van der Waals surface area contributed by atoms with Crippen molar-refractivity contribution in [1.29, 1.82) is 0 Å². The Labute approximate surface area is 149 Å². The first-order chi connectivity index (χ1) is 12.0. The van der Waals surface area contributed by atoms with Gasteiger partial charge in [-0.05, 0) is 62.1 Å². The van der Waals surface area contributed by atoms with Crippen LogP contribution < -0.4 is 5.73 Å². The van der Waals surface area contributed by atoms with Crippen LogP contribution in [-0.2, 0) is 9.53 Å². The molecule has 1 aromatic carbocycles. The molecular weight excluding hydrogens is 319 g/mol. The fourth-order valence-electron chi connectivity index (χ4n) is 4.25. The van der Waals surface area contributed by atoms with Crippen LogP contribution in [0.25, 0.3) is 0 Å². The number of hydrogen-bond acceptors (Lipinski definition) is 3. The summed E-state index contributed by atoms with van der Waals surface area (Å²) in [7, 11) is 0. The highest BCUT2D eigenvalue weighted by molar-refractivity contribution is 5.73. The van der Waals surface area contributed by atoms with E-state index in [0.717, 1.165) is 50.6 Å². The average Bonchev–Trinajstić information content (AvgIpc) is 2.61. The van der Waals surface area contributed by atoms with Gasteiger partial charge < -0.3 is 15.4 Å². The standard InChI is InChI=1S/C20H29FN2O2/c1-14(24)23-11-3-6-19(22)20(23)13-25-18-9-7-15(8-10-18)16-4-2-5-17(21)12-16/h2,4-5,12,15,18-20H,3,6-11,13,22H2,1H3. The van der Waals surface area contributed by atoms with Gasteiger partial charge in [0.2, 0.25) is 5.91 Å². The lowest BCUT2D eigenvalue weighted by Crippen LogP contribution is -2.56. The van der Waals surface area contributed by atoms with Gasteiger partial charge in [0.1, 0.15) is 5.82 Å². The van der Waals surface area contributed by atoms with Crippen LogP contribution in [0.4, 0.5) is 4.39 Å². The highest BCUT2D eigenvalue weighted by Gasteiger charge is 2.32. The number of benzene rings is 1. The lowest BCUT2D eigenvalue weighted by molar-refractivity contribution is -0.135. The molecule has 1 saturated heterocycles. The zero-order valence-corrected chi connectivity index (χ0v) is 15.0. The third-order valence-corrected chi connectivity index (χ3v) is 5.73. The third kappa shape index (κ3) is 4.59. The van der Waals surface area contributed by atoms with Gasteiger partial charge in [-0.15, -0.1) is 0 Å². The number of likely N-dealkylation sites (tertiary alicyclic amines) is 1. The average molecular weight is 348 g/mol. The molecule has 0 spiro atoms. The molecule has 1 aliphatic heterocycles. The number of rotatable bonds is 4. The number of amides is 1. The minimum absolute atomic E-state index is 0.00119. The molecule has 1 amide bonds. The van der Waals surface area contributed by atoms with Crippen molar-refractivity contribution in [3.63, 3.8) is 0 Å². The Morgan fingerprint density at radius 2 is 2.04 bits per heavy atom. The Bertz CT molecular complexity index is 587. The fourth-order valence-corrected chi connectivity index (χ4v) is 4.25. The molecule has 0 bridgehead atoms. The number of hydrogen-bond donors (Lipinski definition) is 1. The van der Waals surface area contributed by atoms with Crippen LogP contribution >= 0.6 is 0 Å². The van der Waals surface area contributed by atoms with Gasteiger partial charge in [-0.2, -0.15) is 0 Å². The van der Waals surface area contributed by atoms with Gasteiger partial charge in [0.15, 0.2) is 0 Å². The zero-order valence-electron chi connectivity index (χ0n) is 15.0. The van der Waals surface area contributed by atoms with Crippen LogP contribution in [-0.4, -0.2) is 42.1 Å². The normalized spacial score (nSPS) is 30.3. The van der Waals surface area contributed by atoms with E-state index in [4.69, 9.17) is 10.5 Å². The Kier molecular flexibility index (Phi) is 6.07. The second-order valence-corrected chi connectivity index (χ2v) is 7.45. The molecule has 1 aliphatic carbocycles. The van der Waals surface area contributed by atoms with E-state index in [2.05, 4.69) is 0 Å². The first-order valence-electron chi connectivity index (χ1n) is 9.44. The van der Waals surface area contributed by atoms with Crippen molar-refractivity contribution in [2.45, 2.75) is 69.6 Å². The maximum Gasteiger partial charge on any atom is 0.219 e. The maximum atomic E-state index is 13.4. The molecule has 2 unspecified atom stereocenters. The first kappa shape index (κ1) is 18.3. The van der Waals surface area contributed by atoms with Crippen LogP contribution in [0.5, 0.6) is 0 Å². The van der Waals surface area contributed by atoms with E-state index in [1.807, 2.05) is 11.0 Å². The van der Waals surface area contributed by atoms with E-state index in [1.54, 1.807) is 19.1 Å². The summed E-state index contributed by atoms with van der Waals surface area (Å²) in [6, 6.07) is 6.94. The van der Waals surface area contributed by atoms with Crippen molar-refractivity contribution in [3.8, 4) is 0 Å². The van der Waals surface area contributed by atoms with Gasteiger partial charge in [-0.1, -0.05) is 12.1 Å². The smallest absolute Gasteiger partial charge is 0.219 e. The number of nitrogens with two attached hydrogens (primary N) is 1. The van der Waals surface area contributed by atoms with E-state index < -0.39 is 0 Å². The lowest BCUT2D eigenvalue weighted by Gasteiger charge is -2.40. The molecule has 138 valence electrons. The van der Waals surface area contributed by atoms with Gasteiger partial charge >= 0.3 is 0 Å². The Hall–Kier alpha value is -1.46. The molecule has 0 radical (unpaired) electrons. The van der Waals surface area contributed by atoms with Crippen molar-refractivity contribution in [2.75, 3.05) is 13.2 Å². The van der Waals surface area contributed by atoms with E-state index >= 15 is 0 Å². The Balaban J connectivity index is 1.49. The summed E-state index contributed by atoms with van der Waals surface area (Å²) in [6.45, 7) is 2.91. The molecule has 5 heteroatoms. The summed E-state index contributed by atoms with van der Waals surface area (Å²) in [5.41, 5.74) is 7.32.